The van der Waals surface area contributed by atoms with E-state index in [9.17, 15) is 18.0 Å². The maximum Gasteiger partial charge on any atom is 0.416 e. The van der Waals surface area contributed by atoms with Crippen molar-refractivity contribution in [2.75, 3.05) is 20.3 Å². The van der Waals surface area contributed by atoms with Gasteiger partial charge in [-0.3, -0.25) is 9.78 Å². The van der Waals surface area contributed by atoms with Crippen molar-refractivity contribution < 1.29 is 22.7 Å². The summed E-state index contributed by atoms with van der Waals surface area (Å²) in [5.74, 6) is -0.0602. The minimum Gasteiger partial charge on any atom is -0.375 e. The van der Waals surface area contributed by atoms with E-state index in [1.807, 2.05) is 18.2 Å². The molecule has 144 valence electrons. The normalized spacial score (nSPS) is 17.3. The van der Waals surface area contributed by atoms with Gasteiger partial charge in [-0.25, -0.2) is 0 Å². The highest BCUT2D eigenvalue weighted by atomic mass is 19.4. The summed E-state index contributed by atoms with van der Waals surface area (Å²) in [5.41, 5.74) is 1.66. The van der Waals surface area contributed by atoms with Crippen LogP contribution >= 0.6 is 0 Å². The Morgan fingerprint density at radius 2 is 1.96 bits per heavy atom. The van der Waals surface area contributed by atoms with E-state index in [0.29, 0.717) is 13.0 Å². The summed E-state index contributed by atoms with van der Waals surface area (Å²) in [7, 11) is 1.49. The van der Waals surface area contributed by atoms with E-state index >= 15 is 0 Å². The molecule has 0 saturated carbocycles. The number of halogens is 3. The number of carbonyl (C=O) groups is 1. The molecule has 4 nitrogen and oxygen atoms in total. The molecule has 7 heteroatoms. The molecule has 3 rings (SSSR count). The lowest BCUT2D eigenvalue weighted by Gasteiger charge is -2.24. The zero-order valence-electron chi connectivity index (χ0n) is 15.0. The molecule has 0 bridgehead atoms. The number of ether oxygens (including phenoxy) is 1. The van der Waals surface area contributed by atoms with Gasteiger partial charge in [0.05, 0.1) is 17.3 Å². The van der Waals surface area contributed by atoms with Crippen LogP contribution in [0.4, 0.5) is 13.2 Å². The van der Waals surface area contributed by atoms with E-state index in [-0.39, 0.29) is 18.6 Å². The molecule has 1 amide bonds. The first-order valence-corrected chi connectivity index (χ1v) is 8.79. The first-order valence-electron chi connectivity index (χ1n) is 8.79. The largest absolute Gasteiger partial charge is 0.416 e. The first kappa shape index (κ1) is 19.4. The number of likely N-dealkylation sites (tertiary alicyclic amines) is 1. The number of rotatable bonds is 5. The highest BCUT2D eigenvalue weighted by Crippen LogP contribution is 2.32. The number of pyridine rings is 1. The number of nitrogens with zero attached hydrogens (tertiary/aromatic N) is 2. The molecule has 2 heterocycles. The van der Waals surface area contributed by atoms with Gasteiger partial charge in [0.25, 0.3) is 0 Å². The third-order valence-electron chi connectivity index (χ3n) is 4.68. The zero-order chi connectivity index (χ0) is 19.4. The van der Waals surface area contributed by atoms with Gasteiger partial charge in [0.2, 0.25) is 5.91 Å². The molecule has 0 aliphatic carbocycles. The van der Waals surface area contributed by atoms with Gasteiger partial charge in [0, 0.05) is 25.8 Å². The lowest BCUT2D eigenvalue weighted by atomic mass is 10.1. The molecule has 1 aliphatic heterocycles. The third-order valence-corrected chi connectivity index (χ3v) is 4.68. The van der Waals surface area contributed by atoms with Crippen LogP contribution in [-0.2, 0) is 22.1 Å². The summed E-state index contributed by atoms with van der Waals surface area (Å²) in [5, 5.41) is 0. The number of hydrogen-bond donors (Lipinski definition) is 0. The van der Waals surface area contributed by atoms with Crippen LogP contribution in [0, 0.1) is 0 Å². The minimum absolute atomic E-state index is 0.0434. The molecule has 1 saturated heterocycles. The Balaban J connectivity index is 1.75. The molecule has 1 aliphatic rings. The summed E-state index contributed by atoms with van der Waals surface area (Å²) in [4.78, 5) is 18.6. The number of benzene rings is 1. The molecule has 0 N–H and O–H groups in total. The summed E-state index contributed by atoms with van der Waals surface area (Å²) in [6.45, 7) is 0.722. The number of hydrogen-bond acceptors (Lipinski definition) is 3. The van der Waals surface area contributed by atoms with E-state index in [0.717, 1.165) is 41.9 Å². The van der Waals surface area contributed by atoms with Crippen molar-refractivity contribution in [3.63, 3.8) is 0 Å². The summed E-state index contributed by atoms with van der Waals surface area (Å²) < 4.78 is 43.0. The molecule has 0 spiro atoms. The Morgan fingerprint density at radius 3 is 2.63 bits per heavy atom. The van der Waals surface area contributed by atoms with E-state index in [1.165, 1.54) is 19.2 Å². The minimum atomic E-state index is -4.34. The Morgan fingerprint density at radius 1 is 1.22 bits per heavy atom. The SMILES string of the molecule is COCC(=O)N1CCC[C@@H]1c1cccc(Cc2ccc(C(F)(F)F)cc2)n1. The van der Waals surface area contributed by atoms with Crippen LogP contribution in [0.2, 0.25) is 0 Å². The number of methoxy groups -OCH3 is 1. The Bertz CT molecular complexity index is 791. The fraction of sp³-hybridized carbons (Fsp3) is 0.400. The quantitative estimate of drug-likeness (QED) is 0.790. The van der Waals surface area contributed by atoms with Gasteiger partial charge in [-0.1, -0.05) is 18.2 Å². The van der Waals surface area contributed by atoms with Gasteiger partial charge in [-0.2, -0.15) is 13.2 Å². The Hall–Kier alpha value is -2.41. The maximum atomic E-state index is 12.7. The van der Waals surface area contributed by atoms with Gasteiger partial charge in [0.1, 0.15) is 6.61 Å². The van der Waals surface area contributed by atoms with Crippen LogP contribution in [-0.4, -0.2) is 36.1 Å². The van der Waals surface area contributed by atoms with Gasteiger partial charge in [-0.05, 0) is 42.7 Å². The highest BCUT2D eigenvalue weighted by Gasteiger charge is 2.31. The second kappa shape index (κ2) is 8.08. The molecular formula is C20H21F3N2O2. The van der Waals surface area contributed by atoms with Crippen LogP contribution in [0.1, 0.15) is 41.4 Å². The summed E-state index contributed by atoms with van der Waals surface area (Å²) in [6, 6.07) is 10.6. The number of aromatic nitrogens is 1. The fourth-order valence-corrected chi connectivity index (χ4v) is 3.38. The van der Waals surface area contributed by atoms with Crippen molar-refractivity contribution in [2.24, 2.45) is 0 Å². The van der Waals surface area contributed by atoms with Crippen LogP contribution in [0.25, 0.3) is 0 Å². The number of alkyl halides is 3. The van der Waals surface area contributed by atoms with E-state index < -0.39 is 11.7 Å². The number of carbonyl (C=O) groups excluding carboxylic acids is 1. The van der Waals surface area contributed by atoms with Gasteiger partial charge < -0.3 is 9.64 Å². The smallest absolute Gasteiger partial charge is 0.375 e. The standard InChI is InChI=1S/C20H21F3N2O2/c1-27-13-19(26)25-11-3-6-18(25)17-5-2-4-16(24-17)12-14-7-9-15(10-8-14)20(21,22)23/h2,4-5,7-10,18H,3,6,11-13H2,1H3/t18-/m1/s1. The first-order chi connectivity index (χ1) is 12.9. The average molecular weight is 378 g/mol. The molecule has 1 atom stereocenters. The molecule has 1 aromatic heterocycles. The molecule has 1 fully saturated rings. The van der Waals surface area contributed by atoms with E-state index in [4.69, 9.17) is 4.74 Å². The molecule has 1 aromatic carbocycles. The Labute approximate surface area is 156 Å². The Kier molecular flexibility index (Phi) is 5.79. The van der Waals surface area contributed by atoms with Crippen molar-refractivity contribution in [3.05, 3.63) is 65.0 Å². The lowest BCUT2D eigenvalue weighted by molar-refractivity contribution is -0.137. The second-order valence-corrected chi connectivity index (χ2v) is 6.60. The van der Waals surface area contributed by atoms with Gasteiger partial charge in [0.15, 0.2) is 0 Å². The number of amides is 1. The van der Waals surface area contributed by atoms with Gasteiger partial charge >= 0.3 is 6.18 Å². The average Bonchev–Trinajstić information content (AvgIpc) is 3.12. The molecule has 27 heavy (non-hydrogen) atoms. The van der Waals surface area contributed by atoms with E-state index in [1.54, 1.807) is 4.90 Å². The summed E-state index contributed by atoms with van der Waals surface area (Å²) in [6.07, 6.45) is -2.15. The van der Waals surface area contributed by atoms with Crippen molar-refractivity contribution in [1.29, 1.82) is 0 Å². The predicted octanol–water partition coefficient (Wildman–Crippen LogP) is 4.00. The third kappa shape index (κ3) is 4.66. The van der Waals surface area contributed by atoms with Crippen LogP contribution in [0.15, 0.2) is 42.5 Å². The highest BCUT2D eigenvalue weighted by molar-refractivity contribution is 5.78. The summed E-state index contributed by atoms with van der Waals surface area (Å²) >= 11 is 0. The van der Waals surface area contributed by atoms with Crippen LogP contribution in [0.5, 0.6) is 0 Å². The topological polar surface area (TPSA) is 42.4 Å². The van der Waals surface area contributed by atoms with E-state index in [2.05, 4.69) is 4.98 Å². The van der Waals surface area contributed by atoms with Crippen molar-refractivity contribution in [1.82, 2.24) is 9.88 Å². The van der Waals surface area contributed by atoms with Gasteiger partial charge in [-0.15, -0.1) is 0 Å². The second-order valence-electron chi connectivity index (χ2n) is 6.60. The molecule has 0 unspecified atom stereocenters. The zero-order valence-corrected chi connectivity index (χ0v) is 15.0. The monoisotopic (exact) mass is 378 g/mol. The fourth-order valence-electron chi connectivity index (χ4n) is 3.38. The maximum absolute atomic E-state index is 12.7. The lowest BCUT2D eigenvalue weighted by Crippen LogP contribution is -2.33. The van der Waals surface area contributed by atoms with Crippen molar-refractivity contribution >= 4 is 5.91 Å². The molecule has 0 radical (unpaired) electrons. The molecular weight excluding hydrogens is 357 g/mol. The van der Waals surface area contributed by atoms with Crippen LogP contribution < -0.4 is 0 Å². The van der Waals surface area contributed by atoms with Crippen LogP contribution in [0.3, 0.4) is 0 Å². The van der Waals surface area contributed by atoms with Crippen molar-refractivity contribution in [2.45, 2.75) is 31.5 Å². The predicted molar refractivity (Wildman–Crippen MR) is 94.1 cm³/mol. The molecule has 2 aromatic rings. The van der Waals surface area contributed by atoms with Crippen molar-refractivity contribution in [3.8, 4) is 0 Å².